The second kappa shape index (κ2) is 9.84. The number of amides is 1. The fraction of sp³-hybridized carbons (Fsp3) is 0.174. The molecule has 0 aliphatic carbocycles. The summed E-state index contributed by atoms with van der Waals surface area (Å²) in [4.78, 5) is 12.6. The summed E-state index contributed by atoms with van der Waals surface area (Å²) < 4.78 is 67.2. The summed E-state index contributed by atoms with van der Waals surface area (Å²) in [6.45, 7) is 0.940. The Kier molecular flexibility index (Phi) is 7.34. The van der Waals surface area contributed by atoms with Gasteiger partial charge in [-0.15, -0.1) is 0 Å². The van der Waals surface area contributed by atoms with Crippen LogP contribution in [0.25, 0.3) is 0 Å². The van der Waals surface area contributed by atoms with Crippen molar-refractivity contribution in [1.29, 1.82) is 0 Å². The quantitative estimate of drug-likeness (QED) is 0.474. The number of anilines is 1. The fourth-order valence-corrected chi connectivity index (χ4v) is 4.86. The normalized spacial score (nSPS) is 12.8. The van der Waals surface area contributed by atoms with Gasteiger partial charge in [-0.1, -0.05) is 60.1 Å². The van der Waals surface area contributed by atoms with E-state index in [0.29, 0.717) is 10.4 Å². The molecule has 0 spiro atoms. The highest BCUT2D eigenvalue weighted by Gasteiger charge is 2.34. The molecule has 0 heterocycles. The van der Waals surface area contributed by atoms with Gasteiger partial charge in [0, 0.05) is 0 Å². The topological polar surface area (TPSA) is 66.5 Å². The molecule has 3 rings (SSSR count). The molecule has 0 fully saturated rings. The summed E-state index contributed by atoms with van der Waals surface area (Å²) in [5.41, 5.74) is -0.758. The van der Waals surface area contributed by atoms with E-state index in [1.807, 2.05) is 6.07 Å². The molecule has 3 aromatic rings. The minimum atomic E-state index is -4.73. The Balaban J connectivity index is 2.01. The molecule has 1 amide bonds. The van der Waals surface area contributed by atoms with Gasteiger partial charge in [0.2, 0.25) is 5.91 Å². The minimum absolute atomic E-state index is 0.192. The van der Waals surface area contributed by atoms with Crippen LogP contribution in [-0.2, 0) is 21.0 Å². The van der Waals surface area contributed by atoms with E-state index in [0.717, 1.165) is 17.7 Å². The number of halogens is 4. The van der Waals surface area contributed by atoms with Crippen LogP contribution in [0, 0.1) is 0 Å². The van der Waals surface area contributed by atoms with E-state index in [-0.39, 0.29) is 9.92 Å². The average molecular weight is 497 g/mol. The third kappa shape index (κ3) is 5.85. The SMILES string of the molecule is C[C@@H](NC(=O)CN(c1cc(C(F)(F)F)ccc1Cl)S(=O)(=O)c1ccccc1)c1ccccc1. The van der Waals surface area contributed by atoms with Crippen molar-refractivity contribution in [2.75, 3.05) is 10.8 Å². The standard InChI is InChI=1S/C23H20ClF3N2O3S/c1-16(17-8-4-2-5-9-17)28-22(30)15-29(33(31,32)19-10-6-3-7-11-19)21-14-18(23(25,26)27)12-13-20(21)24/h2-14,16H,15H2,1H3,(H,28,30)/t16-/m1/s1. The van der Waals surface area contributed by atoms with Crippen molar-refractivity contribution in [3.05, 3.63) is 95.0 Å². The first-order valence-electron chi connectivity index (χ1n) is 9.79. The summed E-state index contributed by atoms with van der Waals surface area (Å²) >= 11 is 6.11. The van der Waals surface area contributed by atoms with Crippen molar-refractivity contribution in [3.8, 4) is 0 Å². The summed E-state index contributed by atoms with van der Waals surface area (Å²) in [7, 11) is -4.41. The van der Waals surface area contributed by atoms with Crippen molar-refractivity contribution >= 4 is 33.2 Å². The van der Waals surface area contributed by atoms with Crippen LogP contribution < -0.4 is 9.62 Å². The Morgan fingerprint density at radius 3 is 2.15 bits per heavy atom. The molecular weight excluding hydrogens is 477 g/mol. The first-order chi connectivity index (χ1) is 15.5. The highest BCUT2D eigenvalue weighted by Crippen LogP contribution is 2.37. The number of hydrogen-bond acceptors (Lipinski definition) is 3. The van der Waals surface area contributed by atoms with Crippen molar-refractivity contribution in [2.45, 2.75) is 24.0 Å². The summed E-state index contributed by atoms with van der Waals surface area (Å²) in [6, 6.07) is 17.9. The molecule has 0 aliphatic rings. The van der Waals surface area contributed by atoms with Crippen LogP contribution in [0.4, 0.5) is 18.9 Å². The van der Waals surface area contributed by atoms with Gasteiger partial charge in [-0.25, -0.2) is 8.42 Å². The Morgan fingerprint density at radius 1 is 1.00 bits per heavy atom. The monoisotopic (exact) mass is 496 g/mol. The second-order valence-electron chi connectivity index (χ2n) is 7.19. The highest BCUT2D eigenvalue weighted by atomic mass is 35.5. The maximum absolute atomic E-state index is 13.3. The molecule has 1 atom stereocenters. The largest absolute Gasteiger partial charge is 0.416 e. The zero-order chi connectivity index (χ0) is 24.2. The molecule has 5 nitrogen and oxygen atoms in total. The van der Waals surface area contributed by atoms with Gasteiger partial charge in [0.1, 0.15) is 6.54 Å². The van der Waals surface area contributed by atoms with Crippen LogP contribution in [-0.4, -0.2) is 20.9 Å². The molecule has 0 bridgehead atoms. The van der Waals surface area contributed by atoms with Gasteiger partial charge in [-0.2, -0.15) is 13.2 Å². The molecule has 0 saturated carbocycles. The number of sulfonamides is 1. The minimum Gasteiger partial charge on any atom is -0.348 e. The van der Waals surface area contributed by atoms with Crippen LogP contribution in [0.5, 0.6) is 0 Å². The van der Waals surface area contributed by atoms with Crippen LogP contribution in [0.3, 0.4) is 0 Å². The molecule has 33 heavy (non-hydrogen) atoms. The number of hydrogen-bond donors (Lipinski definition) is 1. The molecule has 0 saturated heterocycles. The van der Waals surface area contributed by atoms with Gasteiger partial charge in [0.25, 0.3) is 10.0 Å². The lowest BCUT2D eigenvalue weighted by Crippen LogP contribution is -2.41. The van der Waals surface area contributed by atoms with Gasteiger partial charge in [-0.05, 0) is 42.8 Å². The smallest absolute Gasteiger partial charge is 0.348 e. The summed E-state index contributed by atoms with van der Waals surface area (Å²) in [6.07, 6.45) is -4.73. The zero-order valence-corrected chi connectivity index (χ0v) is 19.0. The lowest BCUT2D eigenvalue weighted by molar-refractivity contribution is -0.137. The predicted octanol–water partition coefficient (Wildman–Crippen LogP) is 5.43. The second-order valence-corrected chi connectivity index (χ2v) is 9.46. The summed E-state index contributed by atoms with van der Waals surface area (Å²) in [5.74, 6) is -0.709. The predicted molar refractivity (Wildman–Crippen MR) is 120 cm³/mol. The third-order valence-corrected chi connectivity index (χ3v) is 6.93. The van der Waals surface area contributed by atoms with Crippen LogP contribution in [0.1, 0.15) is 24.1 Å². The van der Waals surface area contributed by atoms with Gasteiger partial charge < -0.3 is 5.32 Å². The molecule has 174 valence electrons. The molecule has 0 unspecified atom stereocenters. The van der Waals surface area contributed by atoms with Crippen molar-refractivity contribution in [2.24, 2.45) is 0 Å². The first kappa shape index (κ1) is 24.6. The van der Waals surface area contributed by atoms with E-state index in [1.165, 1.54) is 24.3 Å². The lowest BCUT2D eigenvalue weighted by atomic mass is 10.1. The maximum Gasteiger partial charge on any atom is 0.416 e. The van der Waals surface area contributed by atoms with E-state index in [4.69, 9.17) is 11.6 Å². The van der Waals surface area contributed by atoms with E-state index in [2.05, 4.69) is 5.32 Å². The van der Waals surface area contributed by atoms with Crippen molar-refractivity contribution in [3.63, 3.8) is 0 Å². The molecule has 0 aliphatic heterocycles. The molecule has 10 heteroatoms. The van der Waals surface area contributed by atoms with Gasteiger partial charge in [-0.3, -0.25) is 9.10 Å². The maximum atomic E-state index is 13.3. The lowest BCUT2D eigenvalue weighted by Gasteiger charge is -2.26. The number of alkyl halides is 3. The number of nitrogens with zero attached hydrogens (tertiary/aromatic N) is 1. The number of nitrogens with one attached hydrogen (secondary N) is 1. The van der Waals surface area contributed by atoms with E-state index >= 15 is 0 Å². The highest BCUT2D eigenvalue weighted by molar-refractivity contribution is 7.92. The number of carbonyl (C=O) groups excluding carboxylic acids is 1. The van der Waals surface area contributed by atoms with Crippen LogP contribution in [0.2, 0.25) is 5.02 Å². The van der Waals surface area contributed by atoms with Gasteiger partial charge in [0.15, 0.2) is 0 Å². The average Bonchev–Trinajstić information content (AvgIpc) is 2.78. The Labute approximate surface area is 194 Å². The third-order valence-electron chi connectivity index (χ3n) is 4.84. The molecule has 0 radical (unpaired) electrons. The van der Waals surface area contributed by atoms with Gasteiger partial charge >= 0.3 is 6.18 Å². The molecule has 0 aromatic heterocycles. The fourth-order valence-electron chi connectivity index (χ4n) is 3.14. The van der Waals surface area contributed by atoms with Crippen LogP contribution >= 0.6 is 11.6 Å². The number of carbonyl (C=O) groups is 1. The first-order valence-corrected chi connectivity index (χ1v) is 11.6. The van der Waals surface area contributed by atoms with E-state index in [1.54, 1.807) is 37.3 Å². The van der Waals surface area contributed by atoms with E-state index < -0.39 is 45.9 Å². The summed E-state index contributed by atoms with van der Waals surface area (Å²) in [5, 5.41) is 2.43. The van der Waals surface area contributed by atoms with Gasteiger partial charge in [0.05, 0.1) is 27.2 Å². The Morgan fingerprint density at radius 2 is 1.58 bits per heavy atom. The van der Waals surface area contributed by atoms with Crippen molar-refractivity contribution in [1.82, 2.24) is 5.32 Å². The van der Waals surface area contributed by atoms with Crippen LogP contribution in [0.15, 0.2) is 83.8 Å². The molecular formula is C23H20ClF3N2O3S. The molecule has 1 N–H and O–H groups in total. The number of benzene rings is 3. The Bertz CT molecular complexity index is 1220. The Hall–Kier alpha value is -3.04. The number of rotatable bonds is 7. The molecule has 3 aromatic carbocycles. The zero-order valence-electron chi connectivity index (χ0n) is 17.4. The van der Waals surface area contributed by atoms with E-state index in [9.17, 15) is 26.4 Å². The van der Waals surface area contributed by atoms with Crippen molar-refractivity contribution < 1.29 is 26.4 Å².